The molecule has 23 heavy (non-hydrogen) atoms. The lowest BCUT2D eigenvalue weighted by Crippen LogP contribution is -2.25. The van der Waals surface area contributed by atoms with Crippen LogP contribution in [0.5, 0.6) is 0 Å². The summed E-state index contributed by atoms with van der Waals surface area (Å²) in [7, 11) is -1.78. The SMILES string of the molecule is COC(=O)C(C)(C)CCCCCCS(=O)(=O)c1ccc(C)cc1. The van der Waals surface area contributed by atoms with E-state index in [0.29, 0.717) is 11.3 Å². The van der Waals surface area contributed by atoms with Gasteiger partial charge < -0.3 is 4.74 Å². The van der Waals surface area contributed by atoms with Gasteiger partial charge in [-0.25, -0.2) is 8.42 Å². The maximum absolute atomic E-state index is 12.2. The molecule has 0 aliphatic rings. The highest BCUT2D eigenvalue weighted by Crippen LogP contribution is 2.25. The van der Waals surface area contributed by atoms with Gasteiger partial charge in [0.25, 0.3) is 0 Å². The van der Waals surface area contributed by atoms with Gasteiger partial charge in [0, 0.05) is 0 Å². The number of ether oxygens (including phenoxy) is 1. The predicted molar refractivity (Wildman–Crippen MR) is 92.1 cm³/mol. The molecular formula is C18H28O4S. The lowest BCUT2D eigenvalue weighted by Gasteiger charge is -2.20. The van der Waals surface area contributed by atoms with Crippen LogP contribution in [-0.2, 0) is 19.4 Å². The van der Waals surface area contributed by atoms with E-state index in [1.54, 1.807) is 12.1 Å². The van der Waals surface area contributed by atoms with Crippen LogP contribution in [0.3, 0.4) is 0 Å². The second-order valence-electron chi connectivity index (χ2n) is 6.67. The van der Waals surface area contributed by atoms with Crippen LogP contribution in [0.4, 0.5) is 0 Å². The molecule has 4 nitrogen and oxygen atoms in total. The predicted octanol–water partition coefficient (Wildman–Crippen LogP) is 3.92. The number of carbonyl (C=O) groups excluding carboxylic acids is 1. The van der Waals surface area contributed by atoms with Crippen molar-refractivity contribution in [1.29, 1.82) is 0 Å². The second kappa shape index (κ2) is 8.48. The summed E-state index contributed by atoms with van der Waals surface area (Å²) in [6.07, 6.45) is 4.07. The molecule has 0 radical (unpaired) electrons. The van der Waals surface area contributed by atoms with Crippen molar-refractivity contribution in [3.05, 3.63) is 29.8 Å². The molecule has 0 saturated carbocycles. The summed E-state index contributed by atoms with van der Waals surface area (Å²) in [6, 6.07) is 6.98. The van der Waals surface area contributed by atoms with E-state index in [9.17, 15) is 13.2 Å². The van der Waals surface area contributed by atoms with Crippen LogP contribution in [0.25, 0.3) is 0 Å². The zero-order valence-corrected chi connectivity index (χ0v) is 15.4. The number of methoxy groups -OCH3 is 1. The molecule has 0 bridgehead atoms. The summed E-state index contributed by atoms with van der Waals surface area (Å²) >= 11 is 0. The molecule has 0 amide bonds. The number of esters is 1. The van der Waals surface area contributed by atoms with Gasteiger partial charge in [0.1, 0.15) is 0 Å². The molecule has 0 heterocycles. The number of sulfone groups is 1. The van der Waals surface area contributed by atoms with E-state index in [4.69, 9.17) is 4.74 Å². The average molecular weight is 340 g/mol. The number of benzene rings is 1. The summed E-state index contributed by atoms with van der Waals surface area (Å²) in [4.78, 5) is 12.0. The number of carbonyl (C=O) groups is 1. The number of rotatable bonds is 9. The normalized spacial score (nSPS) is 12.2. The summed E-state index contributed by atoms with van der Waals surface area (Å²) in [5, 5.41) is 0. The first kappa shape index (κ1) is 19.7. The Morgan fingerprint density at radius 2 is 1.61 bits per heavy atom. The van der Waals surface area contributed by atoms with Gasteiger partial charge in [0.15, 0.2) is 9.84 Å². The van der Waals surface area contributed by atoms with Gasteiger partial charge >= 0.3 is 5.97 Å². The van der Waals surface area contributed by atoms with E-state index in [1.807, 2.05) is 32.9 Å². The molecule has 0 spiro atoms. The quantitative estimate of drug-likeness (QED) is 0.505. The largest absolute Gasteiger partial charge is 0.469 e. The van der Waals surface area contributed by atoms with Gasteiger partial charge in [-0.1, -0.05) is 37.0 Å². The summed E-state index contributed by atoms with van der Waals surface area (Å²) < 4.78 is 29.2. The van der Waals surface area contributed by atoms with Crippen LogP contribution in [0.15, 0.2) is 29.2 Å². The molecule has 1 aromatic carbocycles. The summed E-state index contributed by atoms with van der Waals surface area (Å²) in [6.45, 7) is 5.69. The third kappa shape index (κ3) is 6.34. The number of hydrogen-bond acceptors (Lipinski definition) is 4. The Morgan fingerprint density at radius 3 is 2.17 bits per heavy atom. The van der Waals surface area contributed by atoms with Crippen LogP contribution in [0.2, 0.25) is 0 Å². The highest BCUT2D eigenvalue weighted by atomic mass is 32.2. The van der Waals surface area contributed by atoms with Crippen LogP contribution in [-0.4, -0.2) is 27.2 Å². The Labute approximate surface area is 140 Å². The van der Waals surface area contributed by atoms with Gasteiger partial charge in [0.2, 0.25) is 0 Å². The molecule has 0 atom stereocenters. The van der Waals surface area contributed by atoms with Crippen molar-refractivity contribution < 1.29 is 17.9 Å². The van der Waals surface area contributed by atoms with Gasteiger partial charge in [-0.2, -0.15) is 0 Å². The number of unbranched alkanes of at least 4 members (excludes halogenated alkanes) is 3. The minimum atomic E-state index is -3.18. The van der Waals surface area contributed by atoms with Crippen molar-refractivity contribution in [1.82, 2.24) is 0 Å². The lowest BCUT2D eigenvalue weighted by molar-refractivity contribution is -0.151. The molecule has 0 fully saturated rings. The molecule has 0 saturated heterocycles. The molecule has 0 aliphatic carbocycles. The second-order valence-corrected chi connectivity index (χ2v) is 8.78. The van der Waals surface area contributed by atoms with Crippen molar-refractivity contribution >= 4 is 15.8 Å². The Kier molecular flexibility index (Phi) is 7.26. The van der Waals surface area contributed by atoms with Gasteiger partial charge in [-0.15, -0.1) is 0 Å². The molecule has 5 heteroatoms. The fraction of sp³-hybridized carbons (Fsp3) is 0.611. The minimum absolute atomic E-state index is 0.177. The maximum atomic E-state index is 12.2. The monoisotopic (exact) mass is 340 g/mol. The fourth-order valence-electron chi connectivity index (χ4n) is 2.45. The Morgan fingerprint density at radius 1 is 1.04 bits per heavy atom. The standard InChI is InChI=1S/C18H28O4S/c1-15-9-11-16(12-10-15)23(20,21)14-8-6-5-7-13-18(2,3)17(19)22-4/h9-12H,5-8,13-14H2,1-4H3. The fourth-order valence-corrected chi connectivity index (χ4v) is 3.83. The first-order valence-electron chi connectivity index (χ1n) is 8.07. The van der Waals surface area contributed by atoms with E-state index >= 15 is 0 Å². The zero-order chi connectivity index (χ0) is 17.5. The molecule has 0 unspecified atom stereocenters. The smallest absolute Gasteiger partial charge is 0.311 e. The van der Waals surface area contributed by atoms with Crippen molar-refractivity contribution in [2.45, 2.75) is 57.8 Å². The molecular weight excluding hydrogens is 312 g/mol. The van der Waals surface area contributed by atoms with E-state index in [2.05, 4.69) is 0 Å². The van der Waals surface area contributed by atoms with E-state index in [0.717, 1.165) is 31.2 Å². The molecule has 1 aromatic rings. The van der Waals surface area contributed by atoms with Gasteiger partial charge in [-0.05, 0) is 45.7 Å². The number of hydrogen-bond donors (Lipinski definition) is 0. The van der Waals surface area contributed by atoms with E-state index < -0.39 is 15.3 Å². The first-order chi connectivity index (χ1) is 10.7. The molecule has 130 valence electrons. The van der Waals surface area contributed by atoms with Crippen molar-refractivity contribution in [3.63, 3.8) is 0 Å². The van der Waals surface area contributed by atoms with Gasteiger partial charge in [-0.3, -0.25) is 4.79 Å². The van der Waals surface area contributed by atoms with Crippen molar-refractivity contribution in [3.8, 4) is 0 Å². The van der Waals surface area contributed by atoms with Crippen LogP contribution < -0.4 is 0 Å². The zero-order valence-electron chi connectivity index (χ0n) is 14.6. The molecule has 0 aromatic heterocycles. The molecule has 1 rings (SSSR count). The average Bonchev–Trinajstić information content (AvgIpc) is 2.50. The van der Waals surface area contributed by atoms with Crippen molar-refractivity contribution in [2.24, 2.45) is 5.41 Å². The summed E-state index contributed by atoms with van der Waals surface area (Å²) in [5.41, 5.74) is 0.583. The van der Waals surface area contributed by atoms with Crippen LogP contribution >= 0.6 is 0 Å². The lowest BCUT2D eigenvalue weighted by atomic mass is 9.87. The first-order valence-corrected chi connectivity index (χ1v) is 9.72. The van der Waals surface area contributed by atoms with Crippen LogP contribution in [0.1, 0.15) is 51.5 Å². The van der Waals surface area contributed by atoms with Gasteiger partial charge in [0.05, 0.1) is 23.2 Å². The third-order valence-electron chi connectivity index (χ3n) is 4.08. The Balaban J connectivity index is 2.32. The van der Waals surface area contributed by atoms with Crippen molar-refractivity contribution in [2.75, 3.05) is 12.9 Å². The Bertz CT molecular complexity index is 600. The molecule has 0 N–H and O–H groups in total. The maximum Gasteiger partial charge on any atom is 0.311 e. The number of aryl methyl sites for hydroxylation is 1. The summed E-state index contributed by atoms with van der Waals surface area (Å²) in [5.74, 6) is -0.0179. The van der Waals surface area contributed by atoms with E-state index in [-0.39, 0.29) is 11.7 Å². The van der Waals surface area contributed by atoms with E-state index in [1.165, 1.54) is 7.11 Å². The van der Waals surface area contributed by atoms with Crippen LogP contribution in [0, 0.1) is 12.3 Å². The third-order valence-corrected chi connectivity index (χ3v) is 5.90. The minimum Gasteiger partial charge on any atom is -0.469 e. The highest BCUT2D eigenvalue weighted by molar-refractivity contribution is 7.91. The topological polar surface area (TPSA) is 60.4 Å². The Hall–Kier alpha value is -1.36. The highest BCUT2D eigenvalue weighted by Gasteiger charge is 2.27. The molecule has 0 aliphatic heterocycles.